The summed E-state index contributed by atoms with van der Waals surface area (Å²) in [5.74, 6) is -0.0275. The fourth-order valence-corrected chi connectivity index (χ4v) is 2.10. The molecule has 0 fully saturated rings. The normalized spacial score (nSPS) is 10.2. The molecule has 0 saturated carbocycles. The van der Waals surface area contributed by atoms with Gasteiger partial charge in [0.05, 0.1) is 0 Å². The lowest BCUT2D eigenvalue weighted by Crippen LogP contribution is -2.01. The first-order valence-electron chi connectivity index (χ1n) is 5.56. The minimum atomic E-state index is -0.0275. The summed E-state index contributed by atoms with van der Waals surface area (Å²) in [6.07, 6.45) is 1.36. The molecular formula is C15H15NO. The van der Waals surface area contributed by atoms with Crippen molar-refractivity contribution in [2.24, 2.45) is 0 Å². The van der Waals surface area contributed by atoms with Crippen molar-refractivity contribution >= 4 is 5.78 Å². The Morgan fingerprint density at radius 2 is 1.88 bits per heavy atom. The molecule has 0 spiro atoms. The van der Waals surface area contributed by atoms with Gasteiger partial charge in [-0.2, -0.15) is 0 Å². The maximum absolute atomic E-state index is 11.7. The fraction of sp³-hybridized carbons (Fsp3) is 0.133. The topological polar surface area (TPSA) is 22.0 Å². The lowest BCUT2D eigenvalue weighted by molar-refractivity contribution is 0.104. The van der Waals surface area contributed by atoms with E-state index in [0.29, 0.717) is 0 Å². The van der Waals surface area contributed by atoms with Crippen molar-refractivity contribution in [1.29, 1.82) is 0 Å². The molecule has 2 aromatic rings. The lowest BCUT2D eigenvalue weighted by atomic mass is 10.1. The molecule has 0 radical (unpaired) electrons. The highest BCUT2D eigenvalue weighted by atomic mass is 16.1. The van der Waals surface area contributed by atoms with E-state index in [9.17, 15) is 4.79 Å². The second-order valence-corrected chi connectivity index (χ2v) is 4.02. The van der Waals surface area contributed by atoms with Gasteiger partial charge in [-0.3, -0.25) is 4.79 Å². The van der Waals surface area contributed by atoms with Crippen LogP contribution < -0.4 is 0 Å². The highest BCUT2D eigenvalue weighted by Gasteiger charge is 2.13. The summed E-state index contributed by atoms with van der Waals surface area (Å²) >= 11 is 0. The van der Waals surface area contributed by atoms with E-state index in [2.05, 4.69) is 11.1 Å². The molecule has 1 heterocycles. The standard InChI is InChI=1S/C15H15NO/c1-4-15(17)14-10-11(2)16(12(14)3)13-8-6-5-7-9-13/h4-10H,1H2,2-3H3. The number of hydrogen-bond acceptors (Lipinski definition) is 1. The SMILES string of the molecule is C=CC(=O)c1cc(C)n(-c2ccccc2)c1C. The summed E-state index contributed by atoms with van der Waals surface area (Å²) in [5.41, 5.74) is 3.81. The zero-order valence-corrected chi connectivity index (χ0v) is 10.1. The Bertz CT molecular complexity index is 564. The second kappa shape index (κ2) is 4.42. The van der Waals surface area contributed by atoms with E-state index in [-0.39, 0.29) is 5.78 Å². The van der Waals surface area contributed by atoms with Crippen molar-refractivity contribution in [3.8, 4) is 5.69 Å². The van der Waals surface area contributed by atoms with Crippen LogP contribution in [0.2, 0.25) is 0 Å². The highest BCUT2D eigenvalue weighted by Crippen LogP contribution is 2.21. The maximum atomic E-state index is 11.7. The van der Waals surface area contributed by atoms with Gasteiger partial charge in [0, 0.05) is 22.6 Å². The molecule has 2 rings (SSSR count). The van der Waals surface area contributed by atoms with Crippen LogP contribution in [0.5, 0.6) is 0 Å². The third-order valence-electron chi connectivity index (χ3n) is 2.90. The van der Waals surface area contributed by atoms with Crippen molar-refractivity contribution < 1.29 is 4.79 Å². The molecule has 0 amide bonds. The number of carbonyl (C=O) groups excluding carboxylic acids is 1. The van der Waals surface area contributed by atoms with E-state index in [1.165, 1.54) is 6.08 Å². The number of aromatic nitrogens is 1. The molecule has 0 bridgehead atoms. The molecular weight excluding hydrogens is 210 g/mol. The van der Waals surface area contributed by atoms with E-state index in [4.69, 9.17) is 0 Å². The average Bonchev–Trinajstić information content (AvgIpc) is 2.65. The number of rotatable bonds is 3. The number of nitrogens with zero attached hydrogens (tertiary/aromatic N) is 1. The molecule has 0 aliphatic heterocycles. The molecule has 1 aromatic heterocycles. The smallest absolute Gasteiger partial charge is 0.187 e. The third-order valence-corrected chi connectivity index (χ3v) is 2.90. The van der Waals surface area contributed by atoms with Crippen LogP contribution in [0.25, 0.3) is 5.69 Å². The van der Waals surface area contributed by atoms with Crippen LogP contribution in [0.15, 0.2) is 49.1 Å². The Kier molecular flexibility index (Phi) is 2.96. The van der Waals surface area contributed by atoms with Crippen LogP contribution >= 0.6 is 0 Å². The van der Waals surface area contributed by atoms with Crippen LogP contribution in [0.3, 0.4) is 0 Å². The second-order valence-electron chi connectivity index (χ2n) is 4.02. The average molecular weight is 225 g/mol. The van der Waals surface area contributed by atoms with E-state index >= 15 is 0 Å². The summed E-state index contributed by atoms with van der Waals surface area (Å²) in [6, 6.07) is 11.9. The fourth-order valence-electron chi connectivity index (χ4n) is 2.10. The summed E-state index contributed by atoms with van der Waals surface area (Å²) in [5, 5.41) is 0. The predicted octanol–water partition coefficient (Wildman–Crippen LogP) is 3.46. The minimum Gasteiger partial charge on any atom is -0.318 e. The molecule has 0 saturated heterocycles. The summed E-state index contributed by atoms with van der Waals surface area (Å²) in [7, 11) is 0. The molecule has 0 aliphatic carbocycles. The number of para-hydroxylation sites is 1. The van der Waals surface area contributed by atoms with Gasteiger partial charge in [0.1, 0.15) is 0 Å². The van der Waals surface area contributed by atoms with Gasteiger partial charge in [-0.15, -0.1) is 0 Å². The number of carbonyl (C=O) groups is 1. The largest absolute Gasteiger partial charge is 0.318 e. The number of benzene rings is 1. The number of hydrogen-bond donors (Lipinski definition) is 0. The van der Waals surface area contributed by atoms with Gasteiger partial charge in [-0.1, -0.05) is 24.8 Å². The van der Waals surface area contributed by atoms with Gasteiger partial charge in [0.2, 0.25) is 0 Å². The van der Waals surface area contributed by atoms with E-state index in [1.807, 2.05) is 50.2 Å². The number of allylic oxidation sites excluding steroid dienone is 1. The Morgan fingerprint density at radius 1 is 1.24 bits per heavy atom. The molecule has 0 unspecified atom stereocenters. The van der Waals surface area contributed by atoms with Crippen LogP contribution in [0.4, 0.5) is 0 Å². The van der Waals surface area contributed by atoms with E-state index < -0.39 is 0 Å². The zero-order valence-electron chi connectivity index (χ0n) is 10.1. The molecule has 0 atom stereocenters. The Balaban J connectivity index is 2.61. The number of aryl methyl sites for hydroxylation is 1. The van der Waals surface area contributed by atoms with Crippen LogP contribution in [0, 0.1) is 13.8 Å². The Labute approximate surface area is 101 Å². The van der Waals surface area contributed by atoms with Crippen molar-refractivity contribution in [2.75, 3.05) is 0 Å². The molecule has 17 heavy (non-hydrogen) atoms. The zero-order chi connectivity index (χ0) is 12.4. The Morgan fingerprint density at radius 3 is 2.47 bits per heavy atom. The summed E-state index contributed by atoms with van der Waals surface area (Å²) in [4.78, 5) is 11.7. The van der Waals surface area contributed by atoms with Gasteiger partial charge in [-0.05, 0) is 38.1 Å². The molecule has 86 valence electrons. The molecule has 2 nitrogen and oxygen atoms in total. The summed E-state index contributed by atoms with van der Waals surface area (Å²) in [6.45, 7) is 7.49. The Hall–Kier alpha value is -2.09. The van der Waals surface area contributed by atoms with Gasteiger partial charge in [0.25, 0.3) is 0 Å². The monoisotopic (exact) mass is 225 g/mol. The number of ketones is 1. The van der Waals surface area contributed by atoms with Crippen LogP contribution in [-0.4, -0.2) is 10.4 Å². The van der Waals surface area contributed by atoms with Crippen molar-refractivity contribution in [3.05, 3.63) is 66.0 Å². The first kappa shape index (κ1) is 11.4. The van der Waals surface area contributed by atoms with Crippen LogP contribution in [0.1, 0.15) is 21.7 Å². The van der Waals surface area contributed by atoms with Gasteiger partial charge < -0.3 is 4.57 Å². The quantitative estimate of drug-likeness (QED) is 0.579. The lowest BCUT2D eigenvalue weighted by Gasteiger charge is -2.09. The van der Waals surface area contributed by atoms with Crippen molar-refractivity contribution in [2.45, 2.75) is 13.8 Å². The van der Waals surface area contributed by atoms with Gasteiger partial charge in [0.15, 0.2) is 5.78 Å². The van der Waals surface area contributed by atoms with Crippen molar-refractivity contribution in [3.63, 3.8) is 0 Å². The summed E-state index contributed by atoms with van der Waals surface area (Å²) < 4.78 is 2.08. The third kappa shape index (κ3) is 1.94. The molecule has 0 N–H and O–H groups in total. The highest BCUT2D eigenvalue weighted by molar-refractivity contribution is 6.05. The molecule has 1 aromatic carbocycles. The minimum absolute atomic E-state index is 0.0275. The first-order valence-corrected chi connectivity index (χ1v) is 5.56. The van der Waals surface area contributed by atoms with E-state index in [0.717, 1.165) is 22.6 Å². The molecule has 0 aliphatic rings. The van der Waals surface area contributed by atoms with Crippen molar-refractivity contribution in [1.82, 2.24) is 4.57 Å². The first-order chi connectivity index (χ1) is 8.15. The van der Waals surface area contributed by atoms with Crippen LogP contribution in [-0.2, 0) is 0 Å². The molecule has 2 heteroatoms. The van der Waals surface area contributed by atoms with Gasteiger partial charge >= 0.3 is 0 Å². The maximum Gasteiger partial charge on any atom is 0.187 e. The van der Waals surface area contributed by atoms with Gasteiger partial charge in [-0.25, -0.2) is 0 Å². The predicted molar refractivity (Wildman–Crippen MR) is 69.8 cm³/mol. The van der Waals surface area contributed by atoms with E-state index in [1.54, 1.807) is 0 Å².